The van der Waals surface area contributed by atoms with E-state index in [0.29, 0.717) is 0 Å². The maximum atomic E-state index is 11.7. The summed E-state index contributed by atoms with van der Waals surface area (Å²) in [5, 5.41) is 5.28. The minimum Gasteiger partial charge on any atom is -0.346 e. The summed E-state index contributed by atoms with van der Waals surface area (Å²) in [6.45, 7) is 3.75. The third kappa shape index (κ3) is 4.37. The molecule has 0 saturated carbocycles. The van der Waals surface area contributed by atoms with E-state index >= 15 is 0 Å². The predicted molar refractivity (Wildman–Crippen MR) is 71.3 cm³/mol. The molecule has 2 N–H and O–H groups in total. The molecule has 0 fully saturated rings. The van der Waals surface area contributed by atoms with Gasteiger partial charge in [-0.3, -0.25) is 9.59 Å². The summed E-state index contributed by atoms with van der Waals surface area (Å²) in [6, 6.07) is 9.63. The van der Waals surface area contributed by atoms with Crippen molar-refractivity contribution < 1.29 is 9.59 Å². The number of hydrogen-bond donors (Lipinski definition) is 2. The van der Waals surface area contributed by atoms with Gasteiger partial charge in [0.05, 0.1) is 12.1 Å². The summed E-state index contributed by atoms with van der Waals surface area (Å²) in [5.41, 5.74) is 0.520. The third-order valence-corrected chi connectivity index (χ3v) is 2.76. The van der Waals surface area contributed by atoms with Crippen molar-refractivity contribution in [1.82, 2.24) is 10.6 Å². The first kappa shape index (κ1) is 14.5. The van der Waals surface area contributed by atoms with Gasteiger partial charge in [0.2, 0.25) is 11.8 Å². The van der Waals surface area contributed by atoms with Gasteiger partial charge >= 0.3 is 0 Å². The molecule has 0 spiro atoms. The molecule has 0 bridgehead atoms. The van der Waals surface area contributed by atoms with Crippen molar-refractivity contribution >= 4 is 23.4 Å². The second-order valence-corrected chi connectivity index (χ2v) is 4.72. The van der Waals surface area contributed by atoms with Gasteiger partial charge in [-0.1, -0.05) is 30.3 Å². The summed E-state index contributed by atoms with van der Waals surface area (Å²) >= 11 is 5.32. The zero-order valence-electron chi connectivity index (χ0n) is 10.5. The van der Waals surface area contributed by atoms with Crippen LogP contribution in [0.2, 0.25) is 0 Å². The molecule has 98 valence electrons. The standard InChI is InChI=1S/C13H17ClN2O2/c1-13(2,10-6-4-3-5-7-10)16-12(18)9-15-11(17)8-14/h3-7H,8-9H2,1-2H3,(H,15,17)(H,16,18). The van der Waals surface area contributed by atoms with E-state index in [-0.39, 0.29) is 24.2 Å². The van der Waals surface area contributed by atoms with E-state index in [1.807, 2.05) is 44.2 Å². The van der Waals surface area contributed by atoms with Crippen molar-refractivity contribution in [1.29, 1.82) is 0 Å². The smallest absolute Gasteiger partial charge is 0.240 e. The van der Waals surface area contributed by atoms with Crippen LogP contribution in [0, 0.1) is 0 Å². The summed E-state index contributed by atoms with van der Waals surface area (Å²) < 4.78 is 0. The van der Waals surface area contributed by atoms with Gasteiger partial charge in [0.25, 0.3) is 0 Å². The first-order chi connectivity index (χ1) is 8.45. The SMILES string of the molecule is CC(C)(NC(=O)CNC(=O)CCl)c1ccccc1. The van der Waals surface area contributed by atoms with Crippen LogP contribution in [0.4, 0.5) is 0 Å². The molecule has 0 unspecified atom stereocenters. The molecule has 0 aliphatic carbocycles. The highest BCUT2D eigenvalue weighted by atomic mass is 35.5. The van der Waals surface area contributed by atoms with Crippen LogP contribution in [0.15, 0.2) is 30.3 Å². The van der Waals surface area contributed by atoms with Gasteiger partial charge in [-0.15, -0.1) is 11.6 Å². The van der Waals surface area contributed by atoms with E-state index in [1.165, 1.54) is 0 Å². The molecule has 1 aromatic rings. The number of benzene rings is 1. The Kier molecular flexibility index (Phi) is 5.16. The lowest BCUT2D eigenvalue weighted by Crippen LogP contribution is -2.46. The number of carbonyl (C=O) groups excluding carboxylic acids is 2. The number of amides is 2. The van der Waals surface area contributed by atoms with Crippen molar-refractivity contribution in [2.45, 2.75) is 19.4 Å². The monoisotopic (exact) mass is 268 g/mol. The van der Waals surface area contributed by atoms with Gasteiger partial charge in [0, 0.05) is 0 Å². The maximum absolute atomic E-state index is 11.7. The molecule has 4 nitrogen and oxygen atoms in total. The minimum atomic E-state index is -0.482. The average molecular weight is 269 g/mol. The molecular formula is C13H17ClN2O2. The van der Waals surface area contributed by atoms with Gasteiger partial charge in [-0.05, 0) is 19.4 Å². The van der Waals surface area contributed by atoms with Gasteiger partial charge < -0.3 is 10.6 Å². The number of nitrogens with one attached hydrogen (secondary N) is 2. The molecule has 0 aliphatic heterocycles. The number of rotatable bonds is 5. The van der Waals surface area contributed by atoms with Gasteiger partial charge in [0.15, 0.2) is 0 Å². The van der Waals surface area contributed by atoms with Gasteiger partial charge in [-0.25, -0.2) is 0 Å². The molecular weight excluding hydrogens is 252 g/mol. The van der Waals surface area contributed by atoms with Gasteiger partial charge in [0.1, 0.15) is 5.88 Å². The van der Waals surface area contributed by atoms with Gasteiger partial charge in [-0.2, -0.15) is 0 Å². The van der Waals surface area contributed by atoms with Crippen LogP contribution in [0.5, 0.6) is 0 Å². The highest BCUT2D eigenvalue weighted by Crippen LogP contribution is 2.18. The Morgan fingerprint density at radius 1 is 1.17 bits per heavy atom. The molecule has 18 heavy (non-hydrogen) atoms. The van der Waals surface area contributed by atoms with Crippen molar-refractivity contribution in [2.75, 3.05) is 12.4 Å². The molecule has 2 amide bonds. The Labute approximate surface area is 112 Å². The lowest BCUT2D eigenvalue weighted by atomic mass is 9.94. The highest BCUT2D eigenvalue weighted by molar-refractivity contribution is 6.27. The Morgan fingerprint density at radius 3 is 2.33 bits per heavy atom. The summed E-state index contributed by atoms with van der Waals surface area (Å²) in [7, 11) is 0. The van der Waals surface area contributed by atoms with Crippen LogP contribution in [-0.2, 0) is 15.1 Å². The Morgan fingerprint density at radius 2 is 1.78 bits per heavy atom. The molecule has 5 heteroatoms. The lowest BCUT2D eigenvalue weighted by Gasteiger charge is -2.27. The zero-order valence-corrected chi connectivity index (χ0v) is 11.3. The largest absolute Gasteiger partial charge is 0.346 e. The molecule has 1 aromatic carbocycles. The van der Waals surface area contributed by atoms with Crippen molar-refractivity contribution in [2.24, 2.45) is 0 Å². The van der Waals surface area contributed by atoms with Crippen LogP contribution in [-0.4, -0.2) is 24.2 Å². The van der Waals surface area contributed by atoms with E-state index in [9.17, 15) is 9.59 Å². The number of halogens is 1. The molecule has 0 heterocycles. The average Bonchev–Trinajstić information content (AvgIpc) is 2.36. The molecule has 0 aliphatic rings. The fourth-order valence-corrected chi connectivity index (χ4v) is 1.64. The third-order valence-electron chi connectivity index (χ3n) is 2.51. The minimum absolute atomic E-state index is 0.0676. The Bertz CT molecular complexity index is 418. The quantitative estimate of drug-likeness (QED) is 0.793. The first-order valence-electron chi connectivity index (χ1n) is 5.65. The molecule has 0 atom stereocenters. The molecule has 0 saturated heterocycles. The van der Waals surface area contributed by atoms with Crippen molar-refractivity contribution in [3.63, 3.8) is 0 Å². The molecule has 1 rings (SSSR count). The van der Waals surface area contributed by atoms with E-state index < -0.39 is 5.54 Å². The maximum Gasteiger partial charge on any atom is 0.240 e. The van der Waals surface area contributed by atoms with E-state index in [4.69, 9.17) is 11.6 Å². The topological polar surface area (TPSA) is 58.2 Å². The number of carbonyl (C=O) groups is 2. The fraction of sp³-hybridized carbons (Fsp3) is 0.385. The van der Waals surface area contributed by atoms with Crippen LogP contribution in [0.3, 0.4) is 0 Å². The Hall–Kier alpha value is -1.55. The molecule has 0 radical (unpaired) electrons. The van der Waals surface area contributed by atoms with E-state index in [1.54, 1.807) is 0 Å². The fourth-order valence-electron chi connectivity index (χ4n) is 1.55. The number of alkyl halides is 1. The summed E-state index contributed by atoms with van der Waals surface area (Å²) in [5.74, 6) is -0.748. The Balaban J connectivity index is 2.55. The number of hydrogen-bond acceptors (Lipinski definition) is 2. The van der Waals surface area contributed by atoms with Crippen molar-refractivity contribution in [3.05, 3.63) is 35.9 Å². The zero-order chi connectivity index (χ0) is 13.6. The predicted octanol–water partition coefficient (Wildman–Crippen LogP) is 1.39. The highest BCUT2D eigenvalue weighted by Gasteiger charge is 2.22. The van der Waals surface area contributed by atoms with Crippen molar-refractivity contribution in [3.8, 4) is 0 Å². The second-order valence-electron chi connectivity index (χ2n) is 4.45. The van der Waals surface area contributed by atoms with E-state index in [2.05, 4.69) is 10.6 Å². The van der Waals surface area contributed by atoms with Crippen LogP contribution >= 0.6 is 11.6 Å². The second kappa shape index (κ2) is 6.40. The molecule has 0 aromatic heterocycles. The lowest BCUT2D eigenvalue weighted by molar-refractivity contribution is -0.125. The first-order valence-corrected chi connectivity index (χ1v) is 6.18. The summed E-state index contributed by atoms with van der Waals surface area (Å²) in [4.78, 5) is 22.6. The van der Waals surface area contributed by atoms with Crippen LogP contribution in [0.25, 0.3) is 0 Å². The van der Waals surface area contributed by atoms with Crippen LogP contribution in [0.1, 0.15) is 19.4 Å². The van der Waals surface area contributed by atoms with Crippen LogP contribution < -0.4 is 10.6 Å². The summed E-state index contributed by atoms with van der Waals surface area (Å²) in [6.07, 6.45) is 0. The normalized spacial score (nSPS) is 10.8. The van der Waals surface area contributed by atoms with E-state index in [0.717, 1.165) is 5.56 Å².